The Morgan fingerprint density at radius 2 is 1.43 bits per heavy atom. The van der Waals surface area contributed by atoms with Crippen LogP contribution in [0.2, 0.25) is 0 Å². The van der Waals surface area contributed by atoms with Gasteiger partial charge in [0.25, 0.3) is 11.8 Å². The van der Waals surface area contributed by atoms with Crippen LogP contribution in [0.1, 0.15) is 48.4 Å². The molecule has 1 aliphatic rings. The van der Waals surface area contributed by atoms with E-state index in [1.165, 1.54) is 0 Å². The Morgan fingerprint density at radius 1 is 0.893 bits per heavy atom. The summed E-state index contributed by atoms with van der Waals surface area (Å²) in [5.41, 5.74) is 1.24. The van der Waals surface area contributed by atoms with E-state index in [0.29, 0.717) is 22.6 Å². The molecule has 28 heavy (non-hydrogen) atoms. The molecule has 0 saturated carbocycles. The summed E-state index contributed by atoms with van der Waals surface area (Å²) in [5, 5.41) is 2.81. The van der Waals surface area contributed by atoms with Gasteiger partial charge in [0.2, 0.25) is 5.91 Å². The first-order valence-electron chi connectivity index (χ1n) is 9.34. The summed E-state index contributed by atoms with van der Waals surface area (Å²) < 4.78 is 5.59. The number of hydrogen-bond donors (Lipinski definition) is 1. The molecule has 1 unspecified atom stereocenters. The molecule has 1 heterocycles. The van der Waals surface area contributed by atoms with E-state index in [1.807, 2.05) is 27.7 Å². The number of carbonyl (C=O) groups excluding carboxylic acids is 3. The van der Waals surface area contributed by atoms with Crippen molar-refractivity contribution >= 4 is 23.4 Å². The molecule has 0 aliphatic carbocycles. The van der Waals surface area contributed by atoms with Crippen LogP contribution in [0.15, 0.2) is 48.5 Å². The number of nitrogens with zero attached hydrogens (tertiary/aromatic N) is 1. The summed E-state index contributed by atoms with van der Waals surface area (Å²) in [7, 11) is 0. The molecule has 0 spiro atoms. The second kappa shape index (κ2) is 7.84. The zero-order valence-electron chi connectivity index (χ0n) is 16.4. The largest absolute Gasteiger partial charge is 0.491 e. The average Bonchev–Trinajstić information content (AvgIpc) is 2.88. The fourth-order valence-electron chi connectivity index (χ4n) is 3.28. The molecule has 0 fully saturated rings. The minimum Gasteiger partial charge on any atom is -0.491 e. The third kappa shape index (κ3) is 3.76. The summed E-state index contributed by atoms with van der Waals surface area (Å²) in [5.74, 6) is -0.813. The van der Waals surface area contributed by atoms with E-state index in [2.05, 4.69) is 5.32 Å². The zero-order chi connectivity index (χ0) is 20.4. The molecule has 6 heteroatoms. The fourth-order valence-corrected chi connectivity index (χ4v) is 3.28. The van der Waals surface area contributed by atoms with E-state index >= 15 is 0 Å². The monoisotopic (exact) mass is 380 g/mol. The van der Waals surface area contributed by atoms with Crippen molar-refractivity contribution in [2.45, 2.75) is 39.8 Å². The maximum absolute atomic E-state index is 13.0. The third-order valence-electron chi connectivity index (χ3n) is 4.50. The van der Waals surface area contributed by atoms with Crippen molar-refractivity contribution in [2.75, 3.05) is 5.32 Å². The smallest absolute Gasteiger partial charge is 0.262 e. The predicted octanol–water partition coefficient (Wildman–Crippen LogP) is 3.73. The maximum atomic E-state index is 13.0. The van der Waals surface area contributed by atoms with Crippen LogP contribution in [-0.2, 0) is 4.79 Å². The highest BCUT2D eigenvalue weighted by Crippen LogP contribution is 2.28. The summed E-state index contributed by atoms with van der Waals surface area (Å²) in [6.07, 6.45) is 0.0552. The highest BCUT2D eigenvalue weighted by molar-refractivity contribution is 6.23. The van der Waals surface area contributed by atoms with Crippen LogP contribution in [-0.4, -0.2) is 34.8 Å². The van der Waals surface area contributed by atoms with Crippen LogP contribution in [0.25, 0.3) is 0 Å². The lowest BCUT2D eigenvalue weighted by Gasteiger charge is -2.28. The number of rotatable bonds is 6. The Balaban J connectivity index is 1.80. The number of carbonyl (C=O) groups is 3. The molecule has 0 aromatic heterocycles. The predicted molar refractivity (Wildman–Crippen MR) is 106 cm³/mol. The first kappa shape index (κ1) is 19.6. The van der Waals surface area contributed by atoms with Crippen molar-refractivity contribution in [3.8, 4) is 5.75 Å². The van der Waals surface area contributed by atoms with Gasteiger partial charge in [-0.25, -0.2) is 0 Å². The number of imide groups is 1. The first-order valence-corrected chi connectivity index (χ1v) is 9.34. The van der Waals surface area contributed by atoms with E-state index in [-0.39, 0.29) is 12.0 Å². The molecule has 0 saturated heterocycles. The second-order valence-corrected chi connectivity index (χ2v) is 7.39. The molecular formula is C22H24N2O4. The summed E-state index contributed by atoms with van der Waals surface area (Å²) in [6.45, 7) is 7.50. The number of nitrogens with one attached hydrogen (secondary N) is 1. The molecule has 1 N–H and O–H groups in total. The number of benzene rings is 2. The van der Waals surface area contributed by atoms with Crippen molar-refractivity contribution in [3.05, 3.63) is 59.7 Å². The van der Waals surface area contributed by atoms with E-state index in [9.17, 15) is 14.4 Å². The Kier molecular flexibility index (Phi) is 5.49. The molecule has 0 radical (unpaired) electrons. The van der Waals surface area contributed by atoms with Gasteiger partial charge in [-0.3, -0.25) is 19.3 Å². The second-order valence-electron chi connectivity index (χ2n) is 7.39. The van der Waals surface area contributed by atoms with Gasteiger partial charge in [-0.15, -0.1) is 0 Å². The van der Waals surface area contributed by atoms with Crippen molar-refractivity contribution < 1.29 is 19.1 Å². The Morgan fingerprint density at radius 3 is 1.89 bits per heavy atom. The topological polar surface area (TPSA) is 75.7 Å². The number of fused-ring (bicyclic) bond motifs is 1. The van der Waals surface area contributed by atoms with Gasteiger partial charge in [0.1, 0.15) is 11.8 Å². The Bertz CT molecular complexity index is 868. The van der Waals surface area contributed by atoms with Crippen LogP contribution < -0.4 is 10.1 Å². The van der Waals surface area contributed by atoms with Crippen molar-refractivity contribution in [1.29, 1.82) is 0 Å². The quantitative estimate of drug-likeness (QED) is 0.775. The number of amides is 3. The van der Waals surface area contributed by atoms with E-state index in [1.54, 1.807) is 48.5 Å². The van der Waals surface area contributed by atoms with Gasteiger partial charge in [0.05, 0.1) is 17.2 Å². The SMILES string of the molecule is CC(C)Oc1ccc(NC(=O)C(C(C)C)N2C(=O)c3ccccc3C2=O)cc1. The van der Waals surface area contributed by atoms with Crippen molar-refractivity contribution in [2.24, 2.45) is 5.92 Å². The maximum Gasteiger partial charge on any atom is 0.262 e. The molecule has 2 aromatic carbocycles. The highest BCUT2D eigenvalue weighted by Gasteiger charge is 2.43. The number of anilines is 1. The molecule has 3 rings (SSSR count). The first-order chi connectivity index (χ1) is 13.3. The van der Waals surface area contributed by atoms with Crippen LogP contribution in [0, 0.1) is 5.92 Å². The van der Waals surface area contributed by atoms with Gasteiger partial charge in [-0.05, 0) is 56.2 Å². The van der Waals surface area contributed by atoms with Gasteiger partial charge >= 0.3 is 0 Å². The molecule has 1 atom stereocenters. The Hall–Kier alpha value is -3.15. The average molecular weight is 380 g/mol. The minimum absolute atomic E-state index is 0.0552. The number of ether oxygens (including phenoxy) is 1. The summed E-state index contributed by atoms with van der Waals surface area (Å²) >= 11 is 0. The molecule has 1 aliphatic heterocycles. The lowest BCUT2D eigenvalue weighted by Crippen LogP contribution is -2.50. The summed E-state index contributed by atoms with van der Waals surface area (Å²) in [4.78, 5) is 39.6. The van der Waals surface area contributed by atoms with Gasteiger partial charge < -0.3 is 10.1 Å². The zero-order valence-corrected chi connectivity index (χ0v) is 16.4. The van der Waals surface area contributed by atoms with Crippen LogP contribution in [0.3, 0.4) is 0 Å². The molecule has 2 aromatic rings. The van der Waals surface area contributed by atoms with E-state index in [0.717, 1.165) is 4.90 Å². The molecular weight excluding hydrogens is 356 g/mol. The van der Waals surface area contributed by atoms with E-state index in [4.69, 9.17) is 4.74 Å². The fraction of sp³-hybridized carbons (Fsp3) is 0.318. The molecule has 3 amide bonds. The van der Waals surface area contributed by atoms with Crippen LogP contribution in [0.4, 0.5) is 5.69 Å². The van der Waals surface area contributed by atoms with Crippen LogP contribution in [0.5, 0.6) is 5.75 Å². The van der Waals surface area contributed by atoms with Gasteiger partial charge in [-0.1, -0.05) is 26.0 Å². The highest BCUT2D eigenvalue weighted by atomic mass is 16.5. The minimum atomic E-state index is -0.904. The lowest BCUT2D eigenvalue weighted by molar-refractivity contribution is -0.121. The third-order valence-corrected chi connectivity index (χ3v) is 4.50. The molecule has 0 bridgehead atoms. The Labute approximate surface area is 164 Å². The van der Waals surface area contributed by atoms with Gasteiger partial charge in [0.15, 0.2) is 0 Å². The van der Waals surface area contributed by atoms with Gasteiger partial charge in [0, 0.05) is 5.69 Å². The van der Waals surface area contributed by atoms with E-state index < -0.39 is 23.8 Å². The number of hydrogen-bond acceptors (Lipinski definition) is 4. The molecule has 6 nitrogen and oxygen atoms in total. The van der Waals surface area contributed by atoms with Crippen molar-refractivity contribution in [1.82, 2.24) is 4.90 Å². The van der Waals surface area contributed by atoms with Gasteiger partial charge in [-0.2, -0.15) is 0 Å². The van der Waals surface area contributed by atoms with Crippen molar-refractivity contribution in [3.63, 3.8) is 0 Å². The lowest BCUT2D eigenvalue weighted by atomic mass is 10.0. The normalized spacial score (nSPS) is 14.4. The summed E-state index contributed by atoms with van der Waals surface area (Å²) in [6, 6.07) is 12.7. The molecule has 146 valence electrons. The van der Waals surface area contributed by atoms with Crippen LogP contribution >= 0.6 is 0 Å². The standard InChI is InChI=1S/C22H24N2O4/c1-13(2)19(24-21(26)17-7-5-6-8-18(17)22(24)27)20(25)23-15-9-11-16(12-10-15)28-14(3)4/h5-14,19H,1-4H3,(H,23,25).